The highest BCUT2D eigenvalue weighted by Gasteiger charge is 2.12. The van der Waals surface area contributed by atoms with Crippen molar-refractivity contribution < 1.29 is 4.79 Å². The third kappa shape index (κ3) is 3.05. The smallest absolute Gasteiger partial charge is 0.331 e. The quantitative estimate of drug-likeness (QED) is 0.891. The fourth-order valence-corrected chi connectivity index (χ4v) is 2.52. The van der Waals surface area contributed by atoms with Crippen LogP contribution in [-0.2, 0) is 18.4 Å². The standard InChI is InChI=1S/C13H15N3O3S/c1-9(10-4-3-7-20-10)14-11(17)8-16-6-5-12(18)15(2)13(16)19/h3-7,9H,8H2,1-2H3,(H,14,17). The molecule has 0 aromatic carbocycles. The van der Waals surface area contributed by atoms with Crippen LogP contribution in [0.25, 0.3) is 0 Å². The van der Waals surface area contributed by atoms with E-state index in [2.05, 4.69) is 5.32 Å². The first-order valence-corrected chi connectivity index (χ1v) is 6.96. The van der Waals surface area contributed by atoms with E-state index in [9.17, 15) is 14.4 Å². The Morgan fingerprint density at radius 2 is 2.15 bits per heavy atom. The molecule has 2 heterocycles. The monoisotopic (exact) mass is 293 g/mol. The number of nitrogens with zero attached hydrogens (tertiary/aromatic N) is 2. The molecule has 0 aliphatic rings. The van der Waals surface area contributed by atoms with Gasteiger partial charge in [-0.05, 0) is 18.4 Å². The molecule has 2 aromatic heterocycles. The molecule has 1 unspecified atom stereocenters. The van der Waals surface area contributed by atoms with Crippen LogP contribution in [0.15, 0.2) is 39.4 Å². The third-order valence-electron chi connectivity index (χ3n) is 2.92. The lowest BCUT2D eigenvalue weighted by atomic mass is 10.3. The maximum atomic E-state index is 11.9. The summed E-state index contributed by atoms with van der Waals surface area (Å²) in [6.07, 6.45) is 1.33. The molecule has 0 aliphatic heterocycles. The van der Waals surface area contributed by atoms with Crippen molar-refractivity contribution in [2.24, 2.45) is 7.05 Å². The first kappa shape index (κ1) is 14.3. The second kappa shape index (κ2) is 5.87. The lowest BCUT2D eigenvalue weighted by Crippen LogP contribution is -2.40. The largest absolute Gasteiger partial charge is 0.347 e. The summed E-state index contributed by atoms with van der Waals surface area (Å²) in [4.78, 5) is 36.0. The zero-order valence-electron chi connectivity index (χ0n) is 11.2. The Balaban J connectivity index is 2.07. The van der Waals surface area contributed by atoms with Gasteiger partial charge < -0.3 is 5.32 Å². The second-order valence-electron chi connectivity index (χ2n) is 4.43. The Kier molecular flexibility index (Phi) is 4.19. The van der Waals surface area contributed by atoms with Crippen LogP contribution in [0, 0.1) is 0 Å². The maximum absolute atomic E-state index is 11.9. The average molecular weight is 293 g/mol. The van der Waals surface area contributed by atoms with Gasteiger partial charge in [-0.25, -0.2) is 4.79 Å². The summed E-state index contributed by atoms with van der Waals surface area (Å²) in [5.74, 6) is -0.272. The van der Waals surface area contributed by atoms with Crippen molar-refractivity contribution in [3.63, 3.8) is 0 Å². The molecule has 1 atom stereocenters. The van der Waals surface area contributed by atoms with Gasteiger partial charge in [-0.1, -0.05) is 6.07 Å². The van der Waals surface area contributed by atoms with Gasteiger partial charge in [-0.2, -0.15) is 0 Å². The fourth-order valence-electron chi connectivity index (χ4n) is 1.79. The molecule has 7 heteroatoms. The highest BCUT2D eigenvalue weighted by Crippen LogP contribution is 2.17. The molecule has 0 saturated heterocycles. The van der Waals surface area contributed by atoms with Crippen LogP contribution >= 0.6 is 11.3 Å². The van der Waals surface area contributed by atoms with Crippen LogP contribution in [0.2, 0.25) is 0 Å². The molecule has 0 spiro atoms. The molecule has 6 nitrogen and oxygen atoms in total. The molecule has 106 valence electrons. The summed E-state index contributed by atoms with van der Waals surface area (Å²) in [6, 6.07) is 5.01. The van der Waals surface area contributed by atoms with E-state index in [0.29, 0.717) is 0 Å². The zero-order chi connectivity index (χ0) is 14.7. The van der Waals surface area contributed by atoms with Gasteiger partial charge in [0, 0.05) is 24.2 Å². The third-order valence-corrected chi connectivity index (χ3v) is 3.98. The van der Waals surface area contributed by atoms with E-state index in [1.54, 1.807) is 11.3 Å². The van der Waals surface area contributed by atoms with Crippen LogP contribution in [0.5, 0.6) is 0 Å². The highest BCUT2D eigenvalue weighted by atomic mass is 32.1. The molecule has 2 rings (SSSR count). The van der Waals surface area contributed by atoms with E-state index in [-0.39, 0.29) is 18.5 Å². The van der Waals surface area contributed by atoms with Gasteiger partial charge in [0.25, 0.3) is 5.56 Å². The zero-order valence-corrected chi connectivity index (χ0v) is 12.0. The van der Waals surface area contributed by atoms with Crippen LogP contribution in [0.3, 0.4) is 0 Å². The number of carbonyl (C=O) groups is 1. The first-order chi connectivity index (χ1) is 9.49. The van der Waals surface area contributed by atoms with E-state index < -0.39 is 11.2 Å². The minimum atomic E-state index is -0.503. The van der Waals surface area contributed by atoms with Gasteiger partial charge in [0.05, 0.1) is 6.04 Å². The lowest BCUT2D eigenvalue weighted by Gasteiger charge is -2.13. The second-order valence-corrected chi connectivity index (χ2v) is 5.41. The topological polar surface area (TPSA) is 73.1 Å². The number of amides is 1. The highest BCUT2D eigenvalue weighted by molar-refractivity contribution is 7.10. The van der Waals surface area contributed by atoms with Crippen molar-refractivity contribution in [3.05, 3.63) is 55.5 Å². The van der Waals surface area contributed by atoms with Crippen molar-refractivity contribution in [3.8, 4) is 0 Å². The molecule has 1 N–H and O–H groups in total. The normalized spacial score (nSPS) is 12.1. The average Bonchev–Trinajstić information content (AvgIpc) is 2.93. The Morgan fingerprint density at radius 3 is 2.80 bits per heavy atom. The molecular weight excluding hydrogens is 278 g/mol. The van der Waals surface area contributed by atoms with Crippen LogP contribution in [0.4, 0.5) is 0 Å². The Bertz CT molecular complexity index is 715. The Hall–Kier alpha value is -2.15. The van der Waals surface area contributed by atoms with Crippen LogP contribution < -0.4 is 16.6 Å². The SMILES string of the molecule is CC(NC(=O)Cn1ccc(=O)n(C)c1=O)c1cccs1. The number of nitrogens with one attached hydrogen (secondary N) is 1. The van der Waals surface area contributed by atoms with Crippen molar-refractivity contribution in [2.75, 3.05) is 0 Å². The molecule has 2 aromatic rings. The van der Waals surface area contributed by atoms with Crippen molar-refractivity contribution in [1.82, 2.24) is 14.5 Å². The van der Waals surface area contributed by atoms with E-state index >= 15 is 0 Å². The predicted molar refractivity (Wildman–Crippen MR) is 76.8 cm³/mol. The summed E-state index contributed by atoms with van der Waals surface area (Å²) in [5, 5.41) is 4.76. The number of rotatable bonds is 4. The number of hydrogen-bond acceptors (Lipinski definition) is 4. The fraction of sp³-hybridized carbons (Fsp3) is 0.308. The van der Waals surface area contributed by atoms with Gasteiger partial charge in [0.15, 0.2) is 0 Å². The summed E-state index contributed by atoms with van der Waals surface area (Å²) in [6.45, 7) is 1.77. The molecule has 0 radical (unpaired) electrons. The summed E-state index contributed by atoms with van der Waals surface area (Å²) < 4.78 is 2.17. The number of aromatic nitrogens is 2. The Labute approximate surface area is 119 Å². The van der Waals surface area contributed by atoms with Gasteiger partial charge >= 0.3 is 5.69 Å². The van der Waals surface area contributed by atoms with E-state index in [1.807, 2.05) is 24.4 Å². The summed E-state index contributed by atoms with van der Waals surface area (Å²) in [5.41, 5.74) is -0.893. The van der Waals surface area contributed by atoms with Gasteiger partial charge in [-0.3, -0.25) is 18.7 Å². The molecule has 0 saturated carbocycles. The number of hydrogen-bond donors (Lipinski definition) is 1. The molecule has 1 amide bonds. The van der Waals surface area contributed by atoms with Crippen LogP contribution in [0.1, 0.15) is 17.8 Å². The minimum Gasteiger partial charge on any atom is -0.347 e. The Morgan fingerprint density at radius 1 is 1.40 bits per heavy atom. The van der Waals surface area contributed by atoms with E-state index in [4.69, 9.17) is 0 Å². The van der Waals surface area contributed by atoms with Crippen LogP contribution in [-0.4, -0.2) is 15.0 Å². The van der Waals surface area contributed by atoms with Crippen molar-refractivity contribution in [2.45, 2.75) is 19.5 Å². The summed E-state index contributed by atoms with van der Waals surface area (Å²) >= 11 is 1.56. The number of carbonyl (C=O) groups excluding carboxylic acids is 1. The molecule has 0 fully saturated rings. The predicted octanol–water partition coefficient (Wildman–Crippen LogP) is 0.486. The van der Waals surface area contributed by atoms with Gasteiger partial charge in [-0.15, -0.1) is 11.3 Å². The van der Waals surface area contributed by atoms with Gasteiger partial charge in [0.2, 0.25) is 5.91 Å². The maximum Gasteiger partial charge on any atom is 0.331 e. The number of thiophene rings is 1. The van der Waals surface area contributed by atoms with E-state index in [0.717, 1.165) is 9.44 Å². The van der Waals surface area contributed by atoms with E-state index in [1.165, 1.54) is 23.9 Å². The van der Waals surface area contributed by atoms with Gasteiger partial charge in [0.1, 0.15) is 6.54 Å². The first-order valence-electron chi connectivity index (χ1n) is 6.08. The molecular formula is C13H15N3O3S. The van der Waals surface area contributed by atoms with Crippen molar-refractivity contribution >= 4 is 17.2 Å². The van der Waals surface area contributed by atoms with Crippen molar-refractivity contribution in [1.29, 1.82) is 0 Å². The minimum absolute atomic E-state index is 0.106. The molecule has 0 bridgehead atoms. The molecule has 20 heavy (non-hydrogen) atoms. The summed E-state index contributed by atoms with van der Waals surface area (Å²) in [7, 11) is 1.38. The lowest BCUT2D eigenvalue weighted by molar-refractivity contribution is -0.122. The molecule has 0 aliphatic carbocycles.